The maximum atomic E-state index is 11.7. The number of nitrogens with one attached hydrogen (secondary N) is 2. The number of benzene rings is 1. The van der Waals surface area contributed by atoms with Gasteiger partial charge in [0.2, 0.25) is 0 Å². The van der Waals surface area contributed by atoms with Crippen LogP contribution in [0.15, 0.2) is 41.0 Å². The number of ether oxygens (including phenoxy) is 1. The van der Waals surface area contributed by atoms with Gasteiger partial charge >= 0.3 is 6.03 Å². The Labute approximate surface area is 138 Å². The summed E-state index contributed by atoms with van der Waals surface area (Å²) in [7, 11) is 0. The first kappa shape index (κ1) is 16.7. The molecule has 0 aliphatic rings. The minimum Gasteiger partial charge on any atom is -0.467 e. The van der Waals surface area contributed by atoms with Gasteiger partial charge in [0.05, 0.1) is 16.3 Å². The van der Waals surface area contributed by atoms with E-state index in [1.165, 1.54) is 0 Å². The molecule has 1 heterocycles. The lowest BCUT2D eigenvalue weighted by Gasteiger charge is -2.08. The van der Waals surface area contributed by atoms with Crippen LogP contribution in [0.5, 0.6) is 0 Å². The van der Waals surface area contributed by atoms with E-state index in [1.807, 2.05) is 12.1 Å². The van der Waals surface area contributed by atoms with Gasteiger partial charge in [-0.25, -0.2) is 4.79 Å². The minimum absolute atomic E-state index is 0.301. The van der Waals surface area contributed by atoms with Gasteiger partial charge in [0.25, 0.3) is 0 Å². The number of furan rings is 1. The first-order valence-corrected chi connectivity index (χ1v) is 7.51. The highest BCUT2D eigenvalue weighted by molar-refractivity contribution is 6.42. The third kappa shape index (κ3) is 5.60. The van der Waals surface area contributed by atoms with Crippen molar-refractivity contribution < 1.29 is 13.9 Å². The number of carbonyl (C=O) groups is 1. The summed E-state index contributed by atoms with van der Waals surface area (Å²) in [5, 5.41) is 6.24. The van der Waals surface area contributed by atoms with E-state index in [0.29, 0.717) is 41.9 Å². The molecule has 0 bridgehead atoms. The summed E-state index contributed by atoms with van der Waals surface area (Å²) in [6, 6.07) is 8.26. The Morgan fingerprint density at radius 2 is 2.09 bits per heavy atom. The molecule has 2 rings (SSSR count). The molecule has 0 fully saturated rings. The standard InChI is InChI=1S/C15H16Cl2N2O3/c16-13-5-4-11(9-14(13)17)19-15(20)18-6-2-7-21-10-12-3-1-8-22-12/h1,3-5,8-9H,2,6-7,10H2,(H2,18,19,20). The number of anilines is 1. The number of hydrogen-bond donors (Lipinski definition) is 2. The van der Waals surface area contributed by atoms with Crippen molar-refractivity contribution in [3.05, 3.63) is 52.4 Å². The van der Waals surface area contributed by atoms with E-state index in [2.05, 4.69) is 10.6 Å². The fourth-order valence-electron chi connectivity index (χ4n) is 1.69. The van der Waals surface area contributed by atoms with Crippen molar-refractivity contribution in [2.75, 3.05) is 18.5 Å². The Balaban J connectivity index is 1.58. The predicted octanol–water partition coefficient (Wildman–Crippen LogP) is 4.31. The van der Waals surface area contributed by atoms with Crippen LogP contribution in [0.3, 0.4) is 0 Å². The van der Waals surface area contributed by atoms with Gasteiger partial charge in [-0.15, -0.1) is 0 Å². The highest BCUT2D eigenvalue weighted by atomic mass is 35.5. The largest absolute Gasteiger partial charge is 0.467 e. The molecule has 1 aromatic carbocycles. The Morgan fingerprint density at radius 3 is 2.82 bits per heavy atom. The van der Waals surface area contributed by atoms with Crippen LogP contribution in [0, 0.1) is 0 Å². The maximum Gasteiger partial charge on any atom is 0.319 e. The van der Waals surface area contributed by atoms with E-state index in [4.69, 9.17) is 32.4 Å². The molecule has 0 saturated carbocycles. The highest BCUT2D eigenvalue weighted by Crippen LogP contribution is 2.24. The molecule has 0 atom stereocenters. The molecule has 1 aromatic heterocycles. The lowest BCUT2D eigenvalue weighted by Crippen LogP contribution is -2.30. The van der Waals surface area contributed by atoms with Crippen LogP contribution >= 0.6 is 23.2 Å². The summed E-state index contributed by atoms with van der Waals surface area (Å²) >= 11 is 11.7. The number of amides is 2. The van der Waals surface area contributed by atoms with E-state index >= 15 is 0 Å². The molecule has 118 valence electrons. The molecule has 0 spiro atoms. The molecule has 7 heteroatoms. The second-order valence-electron chi connectivity index (χ2n) is 4.50. The molecule has 0 radical (unpaired) electrons. The maximum absolute atomic E-state index is 11.7. The van der Waals surface area contributed by atoms with Crippen LogP contribution in [-0.2, 0) is 11.3 Å². The summed E-state index contributed by atoms with van der Waals surface area (Å²) in [6.07, 6.45) is 2.31. The Kier molecular flexibility index (Phi) is 6.58. The molecule has 5 nitrogen and oxygen atoms in total. The van der Waals surface area contributed by atoms with Gasteiger partial charge in [0, 0.05) is 18.8 Å². The van der Waals surface area contributed by atoms with Gasteiger partial charge in [0.15, 0.2) is 0 Å². The number of halogens is 2. The van der Waals surface area contributed by atoms with Crippen LogP contribution in [0.25, 0.3) is 0 Å². The summed E-state index contributed by atoms with van der Waals surface area (Å²) in [4.78, 5) is 11.7. The zero-order valence-corrected chi connectivity index (χ0v) is 13.3. The predicted molar refractivity (Wildman–Crippen MR) is 86.5 cm³/mol. The lowest BCUT2D eigenvalue weighted by atomic mass is 10.3. The van der Waals surface area contributed by atoms with E-state index in [1.54, 1.807) is 24.5 Å². The molecular formula is C15H16Cl2N2O3. The second kappa shape index (κ2) is 8.68. The zero-order chi connectivity index (χ0) is 15.8. The second-order valence-corrected chi connectivity index (χ2v) is 5.31. The number of carbonyl (C=O) groups excluding carboxylic acids is 1. The average Bonchev–Trinajstić information content (AvgIpc) is 3.00. The molecule has 0 unspecified atom stereocenters. The monoisotopic (exact) mass is 342 g/mol. The molecule has 2 N–H and O–H groups in total. The fourth-order valence-corrected chi connectivity index (χ4v) is 1.99. The van der Waals surface area contributed by atoms with Crippen molar-refractivity contribution in [1.29, 1.82) is 0 Å². The molecule has 0 aliphatic carbocycles. The molecule has 0 saturated heterocycles. The van der Waals surface area contributed by atoms with Crippen molar-refractivity contribution in [3.8, 4) is 0 Å². The summed E-state index contributed by atoms with van der Waals surface area (Å²) in [6.45, 7) is 1.47. The van der Waals surface area contributed by atoms with Gasteiger partial charge < -0.3 is 19.8 Å². The molecule has 2 aromatic rings. The van der Waals surface area contributed by atoms with Crippen molar-refractivity contribution >= 4 is 34.9 Å². The SMILES string of the molecule is O=C(NCCCOCc1ccco1)Nc1ccc(Cl)c(Cl)c1. The number of urea groups is 1. The topological polar surface area (TPSA) is 63.5 Å². The van der Waals surface area contributed by atoms with Crippen LogP contribution < -0.4 is 10.6 Å². The van der Waals surface area contributed by atoms with Gasteiger partial charge in [-0.2, -0.15) is 0 Å². The van der Waals surface area contributed by atoms with Gasteiger partial charge in [-0.3, -0.25) is 0 Å². The van der Waals surface area contributed by atoms with Crippen molar-refractivity contribution in [2.24, 2.45) is 0 Å². The first-order chi connectivity index (χ1) is 10.6. The number of rotatable bonds is 7. The Bertz CT molecular complexity index is 603. The van der Waals surface area contributed by atoms with Crippen LogP contribution in [0.4, 0.5) is 10.5 Å². The first-order valence-electron chi connectivity index (χ1n) is 6.75. The van der Waals surface area contributed by atoms with Crippen LogP contribution in [-0.4, -0.2) is 19.2 Å². The van der Waals surface area contributed by atoms with E-state index in [-0.39, 0.29) is 6.03 Å². The number of hydrogen-bond acceptors (Lipinski definition) is 3. The summed E-state index contributed by atoms with van der Waals surface area (Å²) in [5.41, 5.74) is 0.584. The van der Waals surface area contributed by atoms with Gasteiger partial charge in [0.1, 0.15) is 12.4 Å². The lowest BCUT2D eigenvalue weighted by molar-refractivity contribution is 0.104. The van der Waals surface area contributed by atoms with Gasteiger partial charge in [-0.1, -0.05) is 23.2 Å². The molecular weight excluding hydrogens is 327 g/mol. The van der Waals surface area contributed by atoms with Crippen molar-refractivity contribution in [1.82, 2.24) is 5.32 Å². The van der Waals surface area contributed by atoms with E-state index in [0.717, 1.165) is 5.76 Å². The van der Waals surface area contributed by atoms with Crippen molar-refractivity contribution in [3.63, 3.8) is 0 Å². The fraction of sp³-hybridized carbons (Fsp3) is 0.267. The quantitative estimate of drug-likeness (QED) is 0.736. The average molecular weight is 343 g/mol. The third-order valence-electron chi connectivity index (χ3n) is 2.75. The van der Waals surface area contributed by atoms with Crippen LogP contribution in [0.2, 0.25) is 10.0 Å². The minimum atomic E-state index is -0.301. The molecule has 22 heavy (non-hydrogen) atoms. The van der Waals surface area contributed by atoms with Crippen molar-refractivity contribution in [2.45, 2.75) is 13.0 Å². The molecule has 0 aliphatic heterocycles. The smallest absolute Gasteiger partial charge is 0.319 e. The summed E-state index contributed by atoms with van der Waals surface area (Å²) < 4.78 is 10.5. The van der Waals surface area contributed by atoms with Gasteiger partial charge in [-0.05, 0) is 36.8 Å². The zero-order valence-electron chi connectivity index (χ0n) is 11.8. The Hall–Kier alpha value is -1.69. The van der Waals surface area contributed by atoms with E-state index in [9.17, 15) is 4.79 Å². The third-order valence-corrected chi connectivity index (χ3v) is 3.49. The Morgan fingerprint density at radius 1 is 1.23 bits per heavy atom. The van der Waals surface area contributed by atoms with Crippen LogP contribution in [0.1, 0.15) is 12.2 Å². The normalized spacial score (nSPS) is 10.5. The highest BCUT2D eigenvalue weighted by Gasteiger charge is 2.03. The summed E-state index contributed by atoms with van der Waals surface area (Å²) in [5.74, 6) is 0.783. The molecule has 2 amide bonds. The van der Waals surface area contributed by atoms with E-state index < -0.39 is 0 Å².